The third-order valence-electron chi connectivity index (χ3n) is 7.68. The standard InChI is InChI=1S/C24H46N6O11/c1-9(32)29-7-10-2-3-11(26)23(38-10)40-20-12(27)6-13(30-22(37)14(33)4-5-25)21(19(20)36)41-24-18(35)16(28)17(34)15(8-31)39-24/h10-21,23-24,31,33-36H,2-8,25-28H2,1H3,(H,29,32)(H,30,37)/t10-,11+,12-,13+,14+,15+,16-,17+,18+,19-,20+,21-,23+,24+/m0/s1. The van der Waals surface area contributed by atoms with E-state index in [2.05, 4.69) is 10.6 Å². The van der Waals surface area contributed by atoms with E-state index < -0.39 is 98.1 Å². The Labute approximate surface area is 237 Å². The number of aliphatic hydroxyl groups is 5. The molecule has 0 aromatic heterocycles. The molecule has 0 aromatic carbocycles. The molecule has 0 bridgehead atoms. The van der Waals surface area contributed by atoms with Crippen molar-refractivity contribution in [1.29, 1.82) is 0 Å². The van der Waals surface area contributed by atoms with Gasteiger partial charge in [0, 0.05) is 19.5 Å². The van der Waals surface area contributed by atoms with Crippen molar-refractivity contribution < 1.29 is 54.1 Å². The maximum atomic E-state index is 12.6. The van der Waals surface area contributed by atoms with E-state index in [0.29, 0.717) is 12.8 Å². The van der Waals surface area contributed by atoms with Gasteiger partial charge in [0.25, 0.3) is 0 Å². The monoisotopic (exact) mass is 594 g/mol. The Morgan fingerprint density at radius 1 is 0.976 bits per heavy atom. The van der Waals surface area contributed by atoms with Gasteiger partial charge in [0.05, 0.1) is 30.8 Å². The van der Waals surface area contributed by atoms with E-state index in [1.54, 1.807) is 0 Å². The number of carbonyl (C=O) groups excluding carboxylic acids is 2. The fraction of sp³-hybridized carbons (Fsp3) is 0.917. The minimum atomic E-state index is -1.57. The molecular formula is C24H46N6O11. The number of carbonyl (C=O) groups is 2. The van der Waals surface area contributed by atoms with Crippen molar-refractivity contribution >= 4 is 11.8 Å². The molecule has 3 fully saturated rings. The molecule has 1 saturated carbocycles. The van der Waals surface area contributed by atoms with Crippen LogP contribution in [0.15, 0.2) is 0 Å². The number of ether oxygens (including phenoxy) is 4. The first-order valence-corrected chi connectivity index (χ1v) is 13.8. The normalized spacial score (nSPS) is 42.3. The molecule has 0 aromatic rings. The van der Waals surface area contributed by atoms with Crippen LogP contribution < -0.4 is 33.6 Å². The van der Waals surface area contributed by atoms with Crippen molar-refractivity contribution in [3.8, 4) is 0 Å². The number of hydrogen-bond acceptors (Lipinski definition) is 15. The minimum absolute atomic E-state index is 0.00825. The van der Waals surface area contributed by atoms with Gasteiger partial charge < -0.3 is 78.0 Å². The molecule has 2 aliphatic heterocycles. The van der Waals surface area contributed by atoms with Crippen molar-refractivity contribution in [3.05, 3.63) is 0 Å². The first kappa shape index (κ1) is 33.9. The largest absolute Gasteiger partial charge is 0.394 e. The second-order valence-corrected chi connectivity index (χ2v) is 10.9. The molecule has 1 aliphatic carbocycles. The third-order valence-corrected chi connectivity index (χ3v) is 7.68. The summed E-state index contributed by atoms with van der Waals surface area (Å²) in [4.78, 5) is 24.0. The quantitative estimate of drug-likeness (QED) is 0.106. The first-order chi connectivity index (χ1) is 19.4. The van der Waals surface area contributed by atoms with E-state index in [-0.39, 0.29) is 31.8 Å². The zero-order valence-corrected chi connectivity index (χ0v) is 23.0. The summed E-state index contributed by atoms with van der Waals surface area (Å²) in [5.74, 6) is -1.00. The number of amides is 2. The number of hydrogen-bond donors (Lipinski definition) is 11. The van der Waals surface area contributed by atoms with E-state index in [9.17, 15) is 35.1 Å². The lowest BCUT2D eigenvalue weighted by atomic mass is 9.83. The number of aliphatic hydroxyl groups excluding tert-OH is 5. The van der Waals surface area contributed by atoms with E-state index >= 15 is 0 Å². The van der Waals surface area contributed by atoms with Crippen LogP contribution in [0.1, 0.15) is 32.6 Å². The predicted molar refractivity (Wildman–Crippen MR) is 140 cm³/mol. The SMILES string of the molecule is CC(=O)NC[C@@H]1CC[C@@H](N)[C@@H](O[C@H]2[C@H](O)[C@@H](O[C@H]3O[C@H](CO)[C@@H](O)[C@H](N)[C@H]3O)[C@H](NC(=O)[C@H](O)CCN)C[C@@H]2N)O1. The van der Waals surface area contributed by atoms with Crippen molar-refractivity contribution in [2.75, 3.05) is 19.7 Å². The summed E-state index contributed by atoms with van der Waals surface area (Å²) in [5.41, 5.74) is 23.9. The maximum Gasteiger partial charge on any atom is 0.249 e. The average molecular weight is 595 g/mol. The highest BCUT2D eigenvalue weighted by Crippen LogP contribution is 2.31. The fourth-order valence-corrected chi connectivity index (χ4v) is 5.26. The molecule has 17 nitrogen and oxygen atoms in total. The molecule has 3 aliphatic rings. The highest BCUT2D eigenvalue weighted by atomic mass is 16.7. The van der Waals surface area contributed by atoms with Gasteiger partial charge >= 0.3 is 0 Å². The molecule has 0 spiro atoms. The molecule has 0 unspecified atom stereocenters. The summed E-state index contributed by atoms with van der Waals surface area (Å²) in [5, 5.41) is 57.3. The van der Waals surface area contributed by atoms with Crippen LogP contribution in [0.2, 0.25) is 0 Å². The minimum Gasteiger partial charge on any atom is -0.394 e. The predicted octanol–water partition coefficient (Wildman–Crippen LogP) is -6.22. The van der Waals surface area contributed by atoms with E-state index in [0.717, 1.165) is 0 Å². The molecular weight excluding hydrogens is 548 g/mol. The Morgan fingerprint density at radius 3 is 2.29 bits per heavy atom. The van der Waals surface area contributed by atoms with Gasteiger partial charge in [0.15, 0.2) is 12.6 Å². The first-order valence-electron chi connectivity index (χ1n) is 13.8. The van der Waals surface area contributed by atoms with E-state index in [4.69, 9.17) is 41.9 Å². The summed E-state index contributed by atoms with van der Waals surface area (Å²) in [6.45, 7) is 1.04. The Hall–Kier alpha value is -1.58. The number of nitrogens with two attached hydrogens (primary N) is 4. The van der Waals surface area contributed by atoms with Crippen LogP contribution in [0.4, 0.5) is 0 Å². The lowest BCUT2D eigenvalue weighted by molar-refractivity contribution is -0.314. The molecule has 0 radical (unpaired) electrons. The second kappa shape index (κ2) is 15.2. The topological polar surface area (TPSA) is 300 Å². The van der Waals surface area contributed by atoms with Crippen LogP contribution in [0.3, 0.4) is 0 Å². The highest BCUT2D eigenvalue weighted by Gasteiger charge is 2.51. The van der Waals surface area contributed by atoms with Crippen LogP contribution in [0.5, 0.6) is 0 Å². The van der Waals surface area contributed by atoms with Gasteiger partial charge in [-0.15, -0.1) is 0 Å². The lowest BCUT2D eigenvalue weighted by Crippen LogP contribution is -2.69. The van der Waals surface area contributed by atoms with E-state index in [1.165, 1.54) is 6.92 Å². The van der Waals surface area contributed by atoms with Crippen molar-refractivity contribution in [2.24, 2.45) is 22.9 Å². The third kappa shape index (κ3) is 8.50. The van der Waals surface area contributed by atoms with Gasteiger partial charge in [-0.2, -0.15) is 0 Å². The van der Waals surface area contributed by atoms with Crippen molar-refractivity contribution in [3.63, 3.8) is 0 Å². The van der Waals surface area contributed by atoms with Crippen LogP contribution >= 0.6 is 0 Å². The van der Waals surface area contributed by atoms with Crippen LogP contribution in [0, 0.1) is 0 Å². The van der Waals surface area contributed by atoms with Gasteiger partial charge in [0.2, 0.25) is 11.8 Å². The van der Waals surface area contributed by atoms with Gasteiger partial charge in [0.1, 0.15) is 42.7 Å². The summed E-state index contributed by atoms with van der Waals surface area (Å²) in [7, 11) is 0. The van der Waals surface area contributed by atoms with Gasteiger partial charge in [-0.1, -0.05) is 0 Å². The van der Waals surface area contributed by atoms with Crippen molar-refractivity contribution in [1.82, 2.24) is 10.6 Å². The summed E-state index contributed by atoms with van der Waals surface area (Å²) < 4.78 is 23.5. The molecule has 41 heavy (non-hydrogen) atoms. The van der Waals surface area contributed by atoms with Gasteiger partial charge in [-0.25, -0.2) is 0 Å². The molecule has 238 valence electrons. The average Bonchev–Trinajstić information content (AvgIpc) is 2.93. The Bertz CT molecular complexity index is 859. The molecule has 15 N–H and O–H groups in total. The number of rotatable bonds is 11. The lowest BCUT2D eigenvalue weighted by Gasteiger charge is -2.48. The highest BCUT2D eigenvalue weighted by molar-refractivity contribution is 5.80. The van der Waals surface area contributed by atoms with E-state index in [1.807, 2.05) is 0 Å². The Balaban J connectivity index is 1.80. The maximum absolute atomic E-state index is 12.6. The molecule has 14 atom stereocenters. The smallest absolute Gasteiger partial charge is 0.249 e. The molecule has 3 rings (SSSR count). The summed E-state index contributed by atoms with van der Waals surface area (Å²) in [6.07, 6.45) is -11.5. The van der Waals surface area contributed by atoms with Crippen LogP contribution in [0.25, 0.3) is 0 Å². The van der Waals surface area contributed by atoms with Crippen LogP contribution in [-0.2, 0) is 28.5 Å². The summed E-state index contributed by atoms with van der Waals surface area (Å²) in [6, 6.07) is -3.70. The zero-order valence-electron chi connectivity index (χ0n) is 23.0. The Morgan fingerprint density at radius 2 is 1.66 bits per heavy atom. The molecule has 2 amide bonds. The Kier molecular flexibility index (Phi) is 12.6. The molecule has 2 saturated heterocycles. The molecule has 2 heterocycles. The number of nitrogens with one attached hydrogen (secondary N) is 2. The van der Waals surface area contributed by atoms with Gasteiger partial charge in [-0.05, 0) is 32.2 Å². The van der Waals surface area contributed by atoms with Gasteiger partial charge in [-0.3, -0.25) is 9.59 Å². The summed E-state index contributed by atoms with van der Waals surface area (Å²) >= 11 is 0. The molecule has 17 heteroatoms. The van der Waals surface area contributed by atoms with Crippen molar-refractivity contribution in [2.45, 2.75) is 118 Å². The second-order valence-electron chi connectivity index (χ2n) is 10.9. The fourth-order valence-electron chi connectivity index (χ4n) is 5.26. The zero-order chi connectivity index (χ0) is 30.4. The van der Waals surface area contributed by atoms with Crippen LogP contribution in [-0.4, -0.2) is 143 Å².